The Morgan fingerprint density at radius 1 is 1.16 bits per heavy atom. The Morgan fingerprint density at radius 2 is 2.00 bits per heavy atom. The molecule has 0 unspecified atom stereocenters. The third-order valence-electron chi connectivity index (χ3n) is 3.18. The van der Waals surface area contributed by atoms with Gasteiger partial charge in [0.1, 0.15) is 12.1 Å². The van der Waals surface area contributed by atoms with Gasteiger partial charge in [0, 0.05) is 9.75 Å². The molecule has 5 heteroatoms. The minimum absolute atomic E-state index is 0.822. The van der Waals surface area contributed by atoms with Gasteiger partial charge in [0.25, 0.3) is 0 Å². The predicted octanol–water partition coefficient (Wildman–Crippen LogP) is 4.29. The average Bonchev–Trinajstić information content (AvgIpc) is 2.92. The van der Waals surface area contributed by atoms with Crippen molar-refractivity contribution in [1.82, 2.24) is 9.97 Å². The van der Waals surface area contributed by atoms with Crippen molar-refractivity contribution in [2.45, 2.75) is 27.3 Å². The monoisotopic (exact) mass is 289 g/mol. The summed E-state index contributed by atoms with van der Waals surface area (Å²) >= 11 is 3.54. The van der Waals surface area contributed by atoms with Crippen LogP contribution in [0.2, 0.25) is 0 Å². The normalized spacial score (nSPS) is 11.1. The lowest BCUT2D eigenvalue weighted by Crippen LogP contribution is -2.00. The van der Waals surface area contributed by atoms with E-state index in [1.807, 2.05) is 11.3 Å². The molecular formula is C14H15N3S2. The van der Waals surface area contributed by atoms with E-state index in [9.17, 15) is 0 Å². The van der Waals surface area contributed by atoms with Crippen molar-refractivity contribution in [3.05, 3.63) is 38.7 Å². The Labute approximate surface area is 120 Å². The van der Waals surface area contributed by atoms with E-state index in [0.29, 0.717) is 0 Å². The number of aromatic nitrogens is 2. The van der Waals surface area contributed by atoms with Crippen LogP contribution in [0.4, 0.5) is 5.82 Å². The van der Waals surface area contributed by atoms with Crippen molar-refractivity contribution < 1.29 is 0 Å². The molecule has 0 saturated heterocycles. The highest BCUT2D eigenvalue weighted by atomic mass is 32.1. The lowest BCUT2D eigenvalue weighted by atomic mass is 10.3. The van der Waals surface area contributed by atoms with Crippen molar-refractivity contribution >= 4 is 38.7 Å². The molecule has 3 heterocycles. The Balaban J connectivity index is 1.85. The molecule has 0 aromatic carbocycles. The lowest BCUT2D eigenvalue weighted by molar-refractivity contribution is 1.13. The number of rotatable bonds is 3. The standard InChI is InChI=1S/C14H15N3S2/c1-8-4-11(19-10(8)3)5-15-14-13-12(16-7-17-14)9(2)6-18-13/h4,6-7H,5H2,1-3H3,(H,15,16,17). The van der Waals surface area contributed by atoms with E-state index in [4.69, 9.17) is 0 Å². The van der Waals surface area contributed by atoms with Crippen LogP contribution < -0.4 is 5.32 Å². The Kier molecular flexibility index (Phi) is 3.24. The van der Waals surface area contributed by atoms with Crippen molar-refractivity contribution in [2.24, 2.45) is 0 Å². The van der Waals surface area contributed by atoms with Crippen LogP contribution in [0.25, 0.3) is 10.2 Å². The maximum Gasteiger partial charge on any atom is 0.147 e. The Bertz CT molecular complexity index is 708. The highest BCUT2D eigenvalue weighted by Gasteiger charge is 2.08. The predicted molar refractivity (Wildman–Crippen MR) is 83.3 cm³/mol. The highest BCUT2D eigenvalue weighted by molar-refractivity contribution is 7.18. The highest BCUT2D eigenvalue weighted by Crippen LogP contribution is 2.29. The average molecular weight is 289 g/mol. The van der Waals surface area contributed by atoms with E-state index < -0.39 is 0 Å². The van der Waals surface area contributed by atoms with Crippen LogP contribution in [0.3, 0.4) is 0 Å². The van der Waals surface area contributed by atoms with Crippen molar-refractivity contribution in [3.8, 4) is 0 Å². The number of hydrogen-bond donors (Lipinski definition) is 1. The number of aryl methyl sites for hydroxylation is 3. The molecule has 0 aliphatic heterocycles. The molecule has 19 heavy (non-hydrogen) atoms. The van der Waals surface area contributed by atoms with Crippen LogP contribution in [-0.2, 0) is 6.54 Å². The van der Waals surface area contributed by atoms with Gasteiger partial charge >= 0.3 is 0 Å². The SMILES string of the molecule is Cc1cc(CNc2ncnc3c(C)csc23)sc1C. The first-order valence-corrected chi connectivity index (χ1v) is 7.83. The Hall–Kier alpha value is -1.46. The first-order chi connectivity index (χ1) is 9.15. The molecule has 0 radical (unpaired) electrons. The molecule has 3 rings (SSSR count). The van der Waals surface area contributed by atoms with Crippen molar-refractivity contribution in [3.63, 3.8) is 0 Å². The summed E-state index contributed by atoms with van der Waals surface area (Å²) in [4.78, 5) is 11.4. The molecule has 0 atom stereocenters. The fraction of sp³-hybridized carbons (Fsp3) is 0.286. The van der Waals surface area contributed by atoms with Gasteiger partial charge in [-0.2, -0.15) is 0 Å². The largest absolute Gasteiger partial charge is 0.364 e. The van der Waals surface area contributed by atoms with Gasteiger partial charge in [0.05, 0.1) is 16.8 Å². The van der Waals surface area contributed by atoms with Crippen molar-refractivity contribution in [1.29, 1.82) is 0 Å². The van der Waals surface area contributed by atoms with Gasteiger partial charge in [0.2, 0.25) is 0 Å². The number of nitrogens with zero attached hydrogens (tertiary/aromatic N) is 2. The summed E-state index contributed by atoms with van der Waals surface area (Å²) in [5.41, 5.74) is 3.64. The van der Waals surface area contributed by atoms with Gasteiger partial charge in [0.15, 0.2) is 0 Å². The molecule has 1 N–H and O–H groups in total. The fourth-order valence-corrected chi connectivity index (χ4v) is 3.96. The van der Waals surface area contributed by atoms with Crippen LogP contribution >= 0.6 is 22.7 Å². The molecule has 0 saturated carbocycles. The van der Waals surface area contributed by atoms with Crippen LogP contribution in [0, 0.1) is 20.8 Å². The summed E-state index contributed by atoms with van der Waals surface area (Å²) in [7, 11) is 0. The zero-order valence-electron chi connectivity index (χ0n) is 11.2. The number of hydrogen-bond acceptors (Lipinski definition) is 5. The molecule has 98 valence electrons. The molecule has 0 aliphatic carbocycles. The summed E-state index contributed by atoms with van der Waals surface area (Å²) in [5, 5.41) is 5.56. The zero-order valence-corrected chi connectivity index (χ0v) is 12.8. The molecule has 3 nitrogen and oxygen atoms in total. The van der Waals surface area contributed by atoms with Crippen LogP contribution in [0.1, 0.15) is 20.9 Å². The molecule has 3 aromatic heterocycles. The summed E-state index contributed by atoms with van der Waals surface area (Å²) in [5.74, 6) is 0.937. The minimum Gasteiger partial charge on any atom is -0.364 e. The first kappa shape index (κ1) is 12.6. The summed E-state index contributed by atoms with van der Waals surface area (Å²) in [6.45, 7) is 7.22. The minimum atomic E-state index is 0.822. The van der Waals surface area contributed by atoms with Gasteiger partial charge < -0.3 is 5.32 Å². The fourth-order valence-electron chi connectivity index (χ4n) is 2.00. The summed E-state index contributed by atoms with van der Waals surface area (Å²) in [6, 6.07) is 2.24. The van der Waals surface area contributed by atoms with E-state index in [-0.39, 0.29) is 0 Å². The molecular weight excluding hydrogens is 274 g/mol. The van der Waals surface area contributed by atoms with Gasteiger partial charge in [-0.25, -0.2) is 9.97 Å². The van der Waals surface area contributed by atoms with Gasteiger partial charge in [-0.1, -0.05) is 0 Å². The van der Waals surface area contributed by atoms with Gasteiger partial charge in [-0.05, 0) is 43.3 Å². The second kappa shape index (κ2) is 4.90. The number of nitrogens with one attached hydrogen (secondary N) is 1. The molecule has 0 fully saturated rings. The third-order valence-corrected chi connectivity index (χ3v) is 5.42. The smallest absolute Gasteiger partial charge is 0.147 e. The Morgan fingerprint density at radius 3 is 2.74 bits per heavy atom. The molecule has 0 amide bonds. The van der Waals surface area contributed by atoms with E-state index >= 15 is 0 Å². The lowest BCUT2D eigenvalue weighted by Gasteiger charge is -2.04. The van der Waals surface area contributed by atoms with E-state index in [2.05, 4.69) is 47.5 Å². The van der Waals surface area contributed by atoms with E-state index in [1.165, 1.54) is 20.9 Å². The molecule has 0 aliphatic rings. The maximum atomic E-state index is 4.36. The van der Waals surface area contributed by atoms with Gasteiger partial charge in [-0.3, -0.25) is 0 Å². The van der Waals surface area contributed by atoms with E-state index in [1.54, 1.807) is 17.7 Å². The van der Waals surface area contributed by atoms with Crippen LogP contribution in [0.15, 0.2) is 17.8 Å². The third kappa shape index (κ3) is 2.35. The summed E-state index contributed by atoms with van der Waals surface area (Å²) < 4.78 is 1.14. The summed E-state index contributed by atoms with van der Waals surface area (Å²) in [6.07, 6.45) is 1.63. The van der Waals surface area contributed by atoms with Crippen LogP contribution in [0.5, 0.6) is 0 Å². The second-order valence-corrected chi connectivity index (χ2v) is 6.84. The maximum absolute atomic E-state index is 4.36. The second-order valence-electron chi connectivity index (χ2n) is 4.62. The number of anilines is 1. The first-order valence-electron chi connectivity index (χ1n) is 6.13. The number of fused-ring (bicyclic) bond motifs is 1. The van der Waals surface area contributed by atoms with Gasteiger partial charge in [-0.15, -0.1) is 22.7 Å². The molecule has 3 aromatic rings. The molecule has 0 spiro atoms. The molecule has 0 bridgehead atoms. The quantitative estimate of drug-likeness (QED) is 0.781. The van der Waals surface area contributed by atoms with E-state index in [0.717, 1.165) is 22.6 Å². The zero-order chi connectivity index (χ0) is 13.4. The topological polar surface area (TPSA) is 37.8 Å². The number of thiophene rings is 2. The van der Waals surface area contributed by atoms with Crippen molar-refractivity contribution in [2.75, 3.05) is 5.32 Å². The van der Waals surface area contributed by atoms with Crippen LogP contribution in [-0.4, -0.2) is 9.97 Å².